The molecule has 2 aromatic rings. The molecule has 3 heterocycles. The van der Waals surface area contributed by atoms with Crippen LogP contribution in [0, 0.1) is 0 Å². The predicted octanol–water partition coefficient (Wildman–Crippen LogP) is 2.88. The fraction of sp³-hybridized carbons (Fsp3) is 0.455. The number of pyridine rings is 1. The summed E-state index contributed by atoms with van der Waals surface area (Å²) >= 11 is 0. The van der Waals surface area contributed by atoms with Crippen LogP contribution in [0.4, 0.5) is 27.7 Å². The van der Waals surface area contributed by atoms with E-state index in [0.29, 0.717) is 18.8 Å². The molecule has 1 amide bonds. The number of hydrogen-bond acceptors (Lipinski definition) is 6. The Bertz CT molecular complexity index is 852. The Morgan fingerprint density at radius 3 is 2.47 bits per heavy atom. The molecule has 4 rings (SSSR count). The van der Waals surface area contributed by atoms with Gasteiger partial charge in [-0.25, -0.2) is 9.78 Å². The van der Waals surface area contributed by atoms with E-state index in [1.165, 1.54) is 4.90 Å². The Morgan fingerprint density at radius 1 is 1.03 bits per heavy atom. The Labute approximate surface area is 177 Å². The summed E-state index contributed by atoms with van der Waals surface area (Å²) in [5.41, 5.74) is 2.70. The molecule has 0 radical (unpaired) electrons. The Kier molecular flexibility index (Phi) is 6.35. The van der Waals surface area contributed by atoms with Crippen LogP contribution in [0.2, 0.25) is 0 Å². The van der Waals surface area contributed by atoms with Crippen molar-refractivity contribution in [3.8, 4) is 0 Å². The molecule has 0 spiro atoms. The van der Waals surface area contributed by atoms with Gasteiger partial charge in [-0.3, -0.25) is 9.80 Å². The van der Waals surface area contributed by atoms with Gasteiger partial charge in [-0.05, 0) is 30.7 Å². The fourth-order valence-electron chi connectivity index (χ4n) is 4.19. The molecule has 30 heavy (non-hydrogen) atoms. The van der Waals surface area contributed by atoms with Crippen LogP contribution in [0.5, 0.6) is 0 Å². The molecule has 1 N–H and O–H groups in total. The predicted molar refractivity (Wildman–Crippen MR) is 118 cm³/mol. The Balaban J connectivity index is 1.42. The normalized spacial score (nSPS) is 17.2. The maximum Gasteiger partial charge on any atom is 0.411 e. The van der Waals surface area contributed by atoms with Crippen molar-refractivity contribution in [2.24, 2.45) is 0 Å². The molecule has 0 atom stereocenters. The summed E-state index contributed by atoms with van der Waals surface area (Å²) in [5.74, 6) is 0.842. The van der Waals surface area contributed by atoms with Crippen LogP contribution < -0.4 is 14.7 Å². The van der Waals surface area contributed by atoms with Crippen LogP contribution >= 0.6 is 0 Å². The lowest BCUT2D eigenvalue weighted by Crippen LogP contribution is -2.46. The standard InChI is InChI=1S/C22H29N5O3/c1-30-16-4-9-24-10-12-25(13-11-24)18-7-8-21(23-17-18)26-14-15-27(22(28)29)20-6-3-2-5-19(20)26/h2-3,5-8,17H,4,9-16H2,1H3,(H,28,29). The third-order valence-electron chi connectivity index (χ3n) is 5.81. The topological polar surface area (TPSA) is 72.4 Å². The highest BCUT2D eigenvalue weighted by Gasteiger charge is 2.27. The first kappa shape index (κ1) is 20.4. The number of anilines is 4. The number of carboxylic acid groups (broad SMARTS) is 1. The quantitative estimate of drug-likeness (QED) is 0.733. The number of carbonyl (C=O) groups is 1. The monoisotopic (exact) mass is 411 g/mol. The zero-order chi connectivity index (χ0) is 20.9. The van der Waals surface area contributed by atoms with Crippen LogP contribution in [-0.2, 0) is 4.74 Å². The lowest BCUT2D eigenvalue weighted by molar-refractivity contribution is 0.169. The lowest BCUT2D eigenvalue weighted by Gasteiger charge is -2.37. The third-order valence-corrected chi connectivity index (χ3v) is 5.81. The van der Waals surface area contributed by atoms with Gasteiger partial charge < -0.3 is 19.6 Å². The number of piperazine rings is 1. The summed E-state index contributed by atoms with van der Waals surface area (Å²) < 4.78 is 5.14. The summed E-state index contributed by atoms with van der Waals surface area (Å²) in [6, 6.07) is 11.7. The molecular weight excluding hydrogens is 382 g/mol. The molecule has 2 aliphatic heterocycles. The number of rotatable bonds is 6. The van der Waals surface area contributed by atoms with Gasteiger partial charge in [0.05, 0.1) is 23.3 Å². The summed E-state index contributed by atoms with van der Waals surface area (Å²) in [6.07, 6.45) is 2.08. The number of amides is 1. The molecule has 160 valence electrons. The molecule has 1 aromatic heterocycles. The molecule has 8 nitrogen and oxygen atoms in total. The number of aromatic nitrogens is 1. The molecular formula is C22H29N5O3. The van der Waals surface area contributed by atoms with E-state index in [1.807, 2.05) is 36.5 Å². The Hall–Kier alpha value is -2.84. The van der Waals surface area contributed by atoms with Crippen LogP contribution in [-0.4, -0.2) is 80.6 Å². The number of hydrogen-bond donors (Lipinski definition) is 1. The highest BCUT2D eigenvalue weighted by Crippen LogP contribution is 2.37. The number of methoxy groups -OCH3 is 1. The zero-order valence-corrected chi connectivity index (χ0v) is 17.4. The molecule has 1 saturated heterocycles. The highest BCUT2D eigenvalue weighted by molar-refractivity contribution is 5.93. The molecule has 1 aromatic carbocycles. The fourth-order valence-corrected chi connectivity index (χ4v) is 4.19. The number of para-hydroxylation sites is 2. The van der Waals surface area contributed by atoms with Crippen LogP contribution in [0.3, 0.4) is 0 Å². The van der Waals surface area contributed by atoms with Gasteiger partial charge in [0.15, 0.2) is 0 Å². The maximum absolute atomic E-state index is 11.6. The lowest BCUT2D eigenvalue weighted by atomic mass is 10.1. The molecule has 0 unspecified atom stereocenters. The zero-order valence-electron chi connectivity index (χ0n) is 17.4. The first-order chi connectivity index (χ1) is 14.7. The highest BCUT2D eigenvalue weighted by atomic mass is 16.5. The van der Waals surface area contributed by atoms with Crippen molar-refractivity contribution in [1.29, 1.82) is 0 Å². The van der Waals surface area contributed by atoms with Crippen molar-refractivity contribution in [1.82, 2.24) is 9.88 Å². The average Bonchev–Trinajstić information content (AvgIpc) is 2.79. The summed E-state index contributed by atoms with van der Waals surface area (Å²) in [5, 5.41) is 9.48. The van der Waals surface area contributed by atoms with E-state index in [1.54, 1.807) is 7.11 Å². The molecule has 0 aliphatic carbocycles. The SMILES string of the molecule is COCCCN1CCN(c2ccc(N3CCN(C(=O)O)c4ccccc43)nc2)CC1. The molecule has 0 bridgehead atoms. The van der Waals surface area contributed by atoms with Gasteiger partial charge in [-0.15, -0.1) is 0 Å². The Morgan fingerprint density at radius 2 is 1.80 bits per heavy atom. The minimum Gasteiger partial charge on any atom is -0.465 e. The summed E-state index contributed by atoms with van der Waals surface area (Å²) in [4.78, 5) is 24.6. The van der Waals surface area contributed by atoms with Crippen LogP contribution in [0.15, 0.2) is 42.6 Å². The van der Waals surface area contributed by atoms with Crippen molar-refractivity contribution in [3.05, 3.63) is 42.6 Å². The van der Waals surface area contributed by atoms with Gasteiger partial charge in [-0.2, -0.15) is 0 Å². The third kappa shape index (κ3) is 4.34. The van der Waals surface area contributed by atoms with Gasteiger partial charge in [0.25, 0.3) is 0 Å². The number of fused-ring (bicyclic) bond motifs is 1. The number of benzene rings is 1. The van der Waals surface area contributed by atoms with Gasteiger partial charge in [-0.1, -0.05) is 12.1 Å². The first-order valence-corrected chi connectivity index (χ1v) is 10.5. The van der Waals surface area contributed by atoms with E-state index < -0.39 is 6.09 Å². The van der Waals surface area contributed by atoms with E-state index >= 15 is 0 Å². The minimum absolute atomic E-state index is 0.417. The largest absolute Gasteiger partial charge is 0.465 e. The van der Waals surface area contributed by atoms with Gasteiger partial charge >= 0.3 is 6.09 Å². The van der Waals surface area contributed by atoms with Crippen molar-refractivity contribution >= 4 is 29.0 Å². The second-order valence-corrected chi connectivity index (χ2v) is 7.62. The van der Waals surface area contributed by atoms with E-state index in [-0.39, 0.29) is 0 Å². The second-order valence-electron chi connectivity index (χ2n) is 7.62. The smallest absolute Gasteiger partial charge is 0.411 e. The molecule has 0 saturated carbocycles. The van der Waals surface area contributed by atoms with Crippen molar-refractivity contribution in [3.63, 3.8) is 0 Å². The van der Waals surface area contributed by atoms with Crippen molar-refractivity contribution in [2.45, 2.75) is 6.42 Å². The minimum atomic E-state index is -0.924. The van der Waals surface area contributed by atoms with Gasteiger partial charge in [0.2, 0.25) is 0 Å². The van der Waals surface area contributed by atoms with E-state index in [9.17, 15) is 9.90 Å². The van der Waals surface area contributed by atoms with Crippen LogP contribution in [0.25, 0.3) is 0 Å². The van der Waals surface area contributed by atoms with Crippen LogP contribution in [0.1, 0.15) is 6.42 Å². The van der Waals surface area contributed by atoms with E-state index in [4.69, 9.17) is 9.72 Å². The van der Waals surface area contributed by atoms with Gasteiger partial charge in [0, 0.05) is 59.5 Å². The average molecular weight is 412 g/mol. The maximum atomic E-state index is 11.6. The van der Waals surface area contributed by atoms with Gasteiger partial charge in [0.1, 0.15) is 5.82 Å². The summed E-state index contributed by atoms with van der Waals surface area (Å²) in [7, 11) is 1.75. The number of ether oxygens (including phenoxy) is 1. The van der Waals surface area contributed by atoms with Crippen molar-refractivity contribution in [2.75, 3.05) is 74.2 Å². The first-order valence-electron chi connectivity index (χ1n) is 10.5. The molecule has 1 fully saturated rings. The molecule has 2 aliphatic rings. The van der Waals surface area contributed by atoms with E-state index in [2.05, 4.69) is 20.8 Å². The van der Waals surface area contributed by atoms with Crippen molar-refractivity contribution < 1.29 is 14.6 Å². The summed E-state index contributed by atoms with van der Waals surface area (Å²) in [6.45, 7) is 6.99. The number of nitrogens with zero attached hydrogens (tertiary/aromatic N) is 5. The second kappa shape index (κ2) is 9.32. The molecule has 8 heteroatoms. The van der Waals surface area contributed by atoms with E-state index in [0.717, 1.165) is 62.9 Å².